The molecule has 1 radical (unpaired) electrons. The minimum atomic E-state index is 0.481. The standard InChI is InChI=1S/C19H16N7/c1-26(2)18-12-22-15-7-6-13(11-16(15)23-18)14-8-10-21-19(24-14)25-17-5-3-4-9-20-17/h3,5-12H,1-2H3,(H,20,21,24,25). The van der Waals surface area contributed by atoms with Crippen LogP contribution in [0.15, 0.2) is 55.0 Å². The van der Waals surface area contributed by atoms with Gasteiger partial charge in [0.15, 0.2) is 0 Å². The summed E-state index contributed by atoms with van der Waals surface area (Å²) < 4.78 is 0. The first-order chi connectivity index (χ1) is 12.7. The van der Waals surface area contributed by atoms with Gasteiger partial charge in [0, 0.05) is 38.1 Å². The molecule has 0 amide bonds. The Morgan fingerprint density at radius 2 is 1.88 bits per heavy atom. The maximum absolute atomic E-state index is 4.64. The zero-order chi connectivity index (χ0) is 17.9. The molecule has 0 aliphatic heterocycles. The molecule has 0 atom stereocenters. The van der Waals surface area contributed by atoms with Crippen LogP contribution in [0.3, 0.4) is 0 Å². The first-order valence-electron chi connectivity index (χ1n) is 8.06. The molecule has 0 saturated heterocycles. The Hall–Kier alpha value is -3.61. The molecule has 7 heteroatoms. The molecule has 4 rings (SSSR count). The SMILES string of the molecule is CN(C)c1cnc2ccc(-c3ccnc(Nc4cc[c]cn4)n3)cc2n1. The van der Waals surface area contributed by atoms with Gasteiger partial charge in [0.25, 0.3) is 0 Å². The van der Waals surface area contributed by atoms with Crippen molar-refractivity contribution in [1.29, 1.82) is 0 Å². The van der Waals surface area contributed by atoms with Gasteiger partial charge in [0.05, 0.1) is 22.9 Å². The molecule has 4 aromatic rings. The molecular weight excluding hydrogens is 326 g/mol. The van der Waals surface area contributed by atoms with E-state index in [-0.39, 0.29) is 0 Å². The van der Waals surface area contributed by atoms with E-state index in [0.717, 1.165) is 28.1 Å². The summed E-state index contributed by atoms with van der Waals surface area (Å²) in [5.41, 5.74) is 3.41. The van der Waals surface area contributed by atoms with Crippen molar-refractivity contribution in [2.75, 3.05) is 24.3 Å². The monoisotopic (exact) mass is 342 g/mol. The van der Waals surface area contributed by atoms with Gasteiger partial charge in [-0.15, -0.1) is 0 Å². The number of anilines is 3. The average molecular weight is 342 g/mol. The lowest BCUT2D eigenvalue weighted by Gasteiger charge is -2.11. The van der Waals surface area contributed by atoms with Gasteiger partial charge in [-0.3, -0.25) is 4.98 Å². The van der Waals surface area contributed by atoms with Crippen LogP contribution >= 0.6 is 0 Å². The van der Waals surface area contributed by atoms with Crippen LogP contribution < -0.4 is 10.2 Å². The van der Waals surface area contributed by atoms with E-state index in [1.54, 1.807) is 24.7 Å². The summed E-state index contributed by atoms with van der Waals surface area (Å²) in [5.74, 6) is 1.96. The molecule has 1 aromatic carbocycles. The quantitative estimate of drug-likeness (QED) is 0.610. The van der Waals surface area contributed by atoms with Crippen molar-refractivity contribution in [3.63, 3.8) is 0 Å². The zero-order valence-corrected chi connectivity index (χ0v) is 14.4. The number of pyridine rings is 1. The third kappa shape index (κ3) is 3.27. The summed E-state index contributed by atoms with van der Waals surface area (Å²) in [6, 6.07) is 14.2. The molecule has 0 fully saturated rings. The largest absolute Gasteiger partial charge is 0.361 e. The molecule has 0 bridgehead atoms. The molecule has 0 saturated carbocycles. The highest BCUT2D eigenvalue weighted by atomic mass is 15.1. The first-order valence-corrected chi connectivity index (χ1v) is 8.06. The maximum atomic E-state index is 4.64. The molecule has 0 unspecified atom stereocenters. The molecule has 127 valence electrons. The van der Waals surface area contributed by atoms with E-state index in [9.17, 15) is 0 Å². The lowest BCUT2D eigenvalue weighted by atomic mass is 10.1. The minimum Gasteiger partial charge on any atom is -0.361 e. The van der Waals surface area contributed by atoms with Gasteiger partial charge in [-0.1, -0.05) is 6.07 Å². The Kier molecular flexibility index (Phi) is 4.10. The van der Waals surface area contributed by atoms with Crippen LogP contribution in [0.1, 0.15) is 0 Å². The van der Waals surface area contributed by atoms with E-state index in [2.05, 4.69) is 36.3 Å². The first kappa shape index (κ1) is 15.9. The highest BCUT2D eigenvalue weighted by molar-refractivity contribution is 5.81. The number of hydrogen-bond acceptors (Lipinski definition) is 7. The third-order valence-electron chi connectivity index (χ3n) is 3.79. The number of fused-ring (bicyclic) bond motifs is 1. The van der Waals surface area contributed by atoms with Gasteiger partial charge in [0.1, 0.15) is 11.6 Å². The maximum Gasteiger partial charge on any atom is 0.228 e. The predicted molar refractivity (Wildman–Crippen MR) is 101 cm³/mol. The lowest BCUT2D eigenvalue weighted by Crippen LogP contribution is -2.10. The summed E-state index contributed by atoms with van der Waals surface area (Å²) in [6.45, 7) is 0. The van der Waals surface area contributed by atoms with E-state index in [1.807, 2.05) is 49.3 Å². The summed E-state index contributed by atoms with van der Waals surface area (Å²) in [4.78, 5) is 24.0. The van der Waals surface area contributed by atoms with Crippen molar-refractivity contribution >= 4 is 28.6 Å². The fourth-order valence-corrected chi connectivity index (χ4v) is 2.46. The summed E-state index contributed by atoms with van der Waals surface area (Å²) in [5, 5.41) is 3.09. The molecule has 1 N–H and O–H groups in total. The van der Waals surface area contributed by atoms with E-state index < -0.39 is 0 Å². The predicted octanol–water partition coefficient (Wildman–Crippen LogP) is 3.09. The Morgan fingerprint density at radius 3 is 2.69 bits per heavy atom. The summed E-state index contributed by atoms with van der Waals surface area (Å²) in [6.07, 6.45) is 5.07. The minimum absolute atomic E-state index is 0.481. The van der Waals surface area contributed by atoms with Crippen molar-refractivity contribution in [2.45, 2.75) is 0 Å². The van der Waals surface area contributed by atoms with Gasteiger partial charge < -0.3 is 10.2 Å². The molecule has 26 heavy (non-hydrogen) atoms. The molecule has 3 heterocycles. The van der Waals surface area contributed by atoms with Crippen LogP contribution in [0.5, 0.6) is 0 Å². The third-order valence-corrected chi connectivity index (χ3v) is 3.79. The molecule has 0 aliphatic carbocycles. The average Bonchev–Trinajstić information content (AvgIpc) is 2.68. The highest BCUT2D eigenvalue weighted by Crippen LogP contribution is 2.23. The second kappa shape index (κ2) is 6.72. The number of benzene rings is 1. The van der Waals surface area contributed by atoms with Crippen LogP contribution in [0.4, 0.5) is 17.6 Å². The van der Waals surface area contributed by atoms with Crippen LogP contribution in [0, 0.1) is 6.07 Å². The lowest BCUT2D eigenvalue weighted by molar-refractivity contribution is 1.06. The smallest absolute Gasteiger partial charge is 0.228 e. The van der Waals surface area contributed by atoms with Crippen molar-refractivity contribution in [1.82, 2.24) is 24.9 Å². The van der Waals surface area contributed by atoms with Crippen molar-refractivity contribution in [3.8, 4) is 11.3 Å². The number of aromatic nitrogens is 5. The van der Waals surface area contributed by atoms with Gasteiger partial charge in [-0.25, -0.2) is 19.9 Å². The molecule has 0 aliphatic rings. The molecule has 0 spiro atoms. The van der Waals surface area contributed by atoms with E-state index >= 15 is 0 Å². The van der Waals surface area contributed by atoms with E-state index in [1.165, 1.54) is 0 Å². The van der Waals surface area contributed by atoms with Gasteiger partial charge in [0.2, 0.25) is 5.95 Å². The van der Waals surface area contributed by atoms with E-state index in [0.29, 0.717) is 11.8 Å². The second-order valence-corrected chi connectivity index (χ2v) is 5.86. The van der Waals surface area contributed by atoms with Gasteiger partial charge in [-0.2, -0.15) is 0 Å². The molecular formula is C19H16N7. The Bertz CT molecular complexity index is 1050. The summed E-state index contributed by atoms with van der Waals surface area (Å²) in [7, 11) is 3.88. The van der Waals surface area contributed by atoms with Crippen molar-refractivity contribution < 1.29 is 0 Å². The Morgan fingerprint density at radius 1 is 0.962 bits per heavy atom. The van der Waals surface area contributed by atoms with Crippen molar-refractivity contribution in [2.24, 2.45) is 0 Å². The molecule has 7 nitrogen and oxygen atoms in total. The normalized spacial score (nSPS) is 10.7. The van der Waals surface area contributed by atoms with Crippen LogP contribution in [-0.2, 0) is 0 Å². The van der Waals surface area contributed by atoms with Gasteiger partial charge in [-0.05, 0) is 30.3 Å². The highest BCUT2D eigenvalue weighted by Gasteiger charge is 2.07. The fraction of sp³-hybridized carbons (Fsp3) is 0.105. The van der Waals surface area contributed by atoms with Crippen LogP contribution in [-0.4, -0.2) is 39.0 Å². The molecule has 3 aromatic heterocycles. The number of nitrogens with one attached hydrogen (secondary N) is 1. The van der Waals surface area contributed by atoms with Crippen LogP contribution in [0.2, 0.25) is 0 Å². The Balaban J connectivity index is 1.69. The fourth-order valence-electron chi connectivity index (χ4n) is 2.46. The summed E-state index contributed by atoms with van der Waals surface area (Å²) >= 11 is 0. The Labute approximate surface area is 150 Å². The number of rotatable bonds is 4. The van der Waals surface area contributed by atoms with Crippen molar-refractivity contribution in [3.05, 3.63) is 61.1 Å². The van der Waals surface area contributed by atoms with Crippen LogP contribution in [0.25, 0.3) is 22.3 Å². The van der Waals surface area contributed by atoms with Gasteiger partial charge >= 0.3 is 0 Å². The zero-order valence-electron chi connectivity index (χ0n) is 14.4. The second-order valence-electron chi connectivity index (χ2n) is 5.86. The topological polar surface area (TPSA) is 79.7 Å². The number of hydrogen-bond donors (Lipinski definition) is 1. The van der Waals surface area contributed by atoms with E-state index in [4.69, 9.17) is 0 Å². The number of nitrogens with zero attached hydrogens (tertiary/aromatic N) is 6.